The molecule has 0 heterocycles. The summed E-state index contributed by atoms with van der Waals surface area (Å²) in [5.74, 6) is 0.465. The first kappa shape index (κ1) is 18.5. The second-order valence-electron chi connectivity index (χ2n) is 5.50. The van der Waals surface area contributed by atoms with E-state index in [1.54, 1.807) is 0 Å². The van der Waals surface area contributed by atoms with Crippen LogP contribution in [0.3, 0.4) is 0 Å². The summed E-state index contributed by atoms with van der Waals surface area (Å²) < 4.78 is 0. The maximum absolute atomic E-state index is 5.93. The first-order valence-corrected chi connectivity index (χ1v) is 7.24. The van der Waals surface area contributed by atoms with Gasteiger partial charge in [-0.1, -0.05) is 35.9 Å². The molecule has 0 aromatic heterocycles. The Morgan fingerprint density at radius 3 is 2.14 bits per heavy atom. The van der Waals surface area contributed by atoms with Gasteiger partial charge >= 0.3 is 0 Å². The van der Waals surface area contributed by atoms with E-state index in [0.29, 0.717) is 12.5 Å². The first-order chi connectivity index (χ1) is 10.0. The third-order valence-electron chi connectivity index (χ3n) is 3.30. The lowest BCUT2D eigenvalue weighted by atomic mass is 10.1. The van der Waals surface area contributed by atoms with E-state index in [4.69, 9.17) is 5.73 Å². The maximum Gasteiger partial charge on any atom is 0.193 e. The average molecular weight is 409 g/mol. The molecule has 3 N–H and O–H groups in total. The summed E-state index contributed by atoms with van der Waals surface area (Å²) in [5, 5.41) is 3.15. The molecular formula is C18H24IN3. The molecule has 0 atom stereocenters. The van der Waals surface area contributed by atoms with Crippen LogP contribution in [0, 0.1) is 20.8 Å². The molecule has 0 radical (unpaired) electrons. The molecule has 0 aliphatic carbocycles. The number of rotatable bonds is 4. The Morgan fingerprint density at radius 1 is 0.955 bits per heavy atom. The Bertz CT molecular complexity index is 613. The lowest BCUT2D eigenvalue weighted by Gasteiger charge is -2.08. The SMILES string of the molecule is Cc1ccc(CCN=C(N)Nc2cc(C)cc(C)c2)cc1.I. The second kappa shape index (κ2) is 8.78. The van der Waals surface area contributed by atoms with Crippen LogP contribution in [0.4, 0.5) is 5.69 Å². The molecule has 0 fully saturated rings. The van der Waals surface area contributed by atoms with Crippen molar-refractivity contribution in [3.8, 4) is 0 Å². The number of hydrogen-bond donors (Lipinski definition) is 2. The van der Waals surface area contributed by atoms with Crippen molar-refractivity contribution in [2.24, 2.45) is 10.7 Å². The summed E-state index contributed by atoms with van der Waals surface area (Å²) in [6.45, 7) is 6.92. The second-order valence-corrected chi connectivity index (χ2v) is 5.50. The van der Waals surface area contributed by atoms with Crippen molar-refractivity contribution in [3.05, 3.63) is 64.7 Å². The van der Waals surface area contributed by atoms with Crippen LogP contribution < -0.4 is 11.1 Å². The van der Waals surface area contributed by atoms with Gasteiger partial charge in [0.15, 0.2) is 5.96 Å². The minimum absolute atomic E-state index is 0. The summed E-state index contributed by atoms with van der Waals surface area (Å²) in [6, 6.07) is 14.8. The van der Waals surface area contributed by atoms with Gasteiger partial charge in [-0.15, -0.1) is 24.0 Å². The Morgan fingerprint density at radius 2 is 1.55 bits per heavy atom. The van der Waals surface area contributed by atoms with E-state index in [1.807, 2.05) is 0 Å². The van der Waals surface area contributed by atoms with E-state index in [0.717, 1.165) is 12.1 Å². The first-order valence-electron chi connectivity index (χ1n) is 7.24. The molecule has 0 aliphatic heterocycles. The summed E-state index contributed by atoms with van der Waals surface area (Å²) >= 11 is 0. The van der Waals surface area contributed by atoms with E-state index in [2.05, 4.69) is 73.5 Å². The third-order valence-corrected chi connectivity index (χ3v) is 3.30. The summed E-state index contributed by atoms with van der Waals surface area (Å²) in [7, 11) is 0. The standard InChI is InChI=1S/C18H23N3.HI/c1-13-4-6-16(7-5-13)8-9-20-18(19)21-17-11-14(2)10-15(3)12-17;/h4-7,10-12H,8-9H2,1-3H3,(H3,19,20,21);1H. The summed E-state index contributed by atoms with van der Waals surface area (Å²) in [5.41, 5.74) is 11.9. The van der Waals surface area contributed by atoms with Crippen LogP contribution in [0.25, 0.3) is 0 Å². The van der Waals surface area contributed by atoms with E-state index in [1.165, 1.54) is 22.3 Å². The molecule has 4 heteroatoms. The monoisotopic (exact) mass is 409 g/mol. The molecule has 0 amide bonds. The van der Waals surface area contributed by atoms with Crippen LogP contribution in [0.1, 0.15) is 22.3 Å². The van der Waals surface area contributed by atoms with Crippen molar-refractivity contribution in [3.63, 3.8) is 0 Å². The van der Waals surface area contributed by atoms with Crippen LogP contribution in [0.2, 0.25) is 0 Å². The molecule has 0 bridgehead atoms. The number of nitrogens with two attached hydrogens (primary N) is 1. The number of hydrogen-bond acceptors (Lipinski definition) is 1. The van der Waals surface area contributed by atoms with Gasteiger partial charge in [-0.25, -0.2) is 0 Å². The van der Waals surface area contributed by atoms with Gasteiger partial charge in [-0.05, 0) is 56.0 Å². The van der Waals surface area contributed by atoms with Crippen LogP contribution in [-0.4, -0.2) is 12.5 Å². The number of benzene rings is 2. The lowest BCUT2D eigenvalue weighted by molar-refractivity contribution is 0.964. The van der Waals surface area contributed by atoms with E-state index in [-0.39, 0.29) is 24.0 Å². The number of nitrogens with zero attached hydrogens (tertiary/aromatic N) is 1. The van der Waals surface area contributed by atoms with Gasteiger partial charge in [-0.3, -0.25) is 4.99 Å². The van der Waals surface area contributed by atoms with Crippen LogP contribution in [-0.2, 0) is 6.42 Å². The fourth-order valence-corrected chi connectivity index (χ4v) is 2.29. The van der Waals surface area contributed by atoms with E-state index in [9.17, 15) is 0 Å². The van der Waals surface area contributed by atoms with Crippen LogP contribution in [0.15, 0.2) is 47.5 Å². The zero-order valence-corrected chi connectivity index (χ0v) is 15.7. The Kier molecular flexibility index (Phi) is 7.38. The predicted molar refractivity (Wildman–Crippen MR) is 106 cm³/mol. The topological polar surface area (TPSA) is 50.4 Å². The summed E-state index contributed by atoms with van der Waals surface area (Å²) in [6.07, 6.45) is 0.898. The summed E-state index contributed by atoms with van der Waals surface area (Å²) in [4.78, 5) is 4.38. The minimum atomic E-state index is 0. The van der Waals surface area contributed by atoms with Crippen LogP contribution in [0.5, 0.6) is 0 Å². The van der Waals surface area contributed by atoms with Gasteiger partial charge in [0.2, 0.25) is 0 Å². The molecule has 2 rings (SSSR count). The normalized spacial score (nSPS) is 11.0. The van der Waals surface area contributed by atoms with Gasteiger partial charge in [0.25, 0.3) is 0 Å². The average Bonchev–Trinajstić information content (AvgIpc) is 2.39. The number of halogens is 1. The molecule has 0 unspecified atom stereocenters. The molecule has 2 aromatic rings. The third kappa shape index (κ3) is 6.05. The largest absolute Gasteiger partial charge is 0.370 e. The molecule has 0 spiro atoms. The zero-order valence-electron chi connectivity index (χ0n) is 13.4. The molecule has 22 heavy (non-hydrogen) atoms. The number of aliphatic imine (C=N–C) groups is 1. The molecule has 118 valence electrons. The maximum atomic E-state index is 5.93. The molecule has 0 saturated carbocycles. The number of nitrogens with one attached hydrogen (secondary N) is 1. The minimum Gasteiger partial charge on any atom is -0.370 e. The van der Waals surface area contributed by atoms with Gasteiger partial charge in [0.05, 0.1) is 0 Å². The highest BCUT2D eigenvalue weighted by molar-refractivity contribution is 14.0. The highest BCUT2D eigenvalue weighted by atomic mass is 127. The molecule has 0 aliphatic rings. The quantitative estimate of drug-likeness (QED) is 0.452. The van der Waals surface area contributed by atoms with Gasteiger partial charge < -0.3 is 11.1 Å². The van der Waals surface area contributed by atoms with Crippen molar-refractivity contribution < 1.29 is 0 Å². The smallest absolute Gasteiger partial charge is 0.193 e. The lowest BCUT2D eigenvalue weighted by Crippen LogP contribution is -2.23. The molecule has 0 saturated heterocycles. The predicted octanol–water partition coefficient (Wildman–Crippen LogP) is 4.20. The van der Waals surface area contributed by atoms with Crippen molar-refractivity contribution >= 4 is 35.6 Å². The fraction of sp³-hybridized carbons (Fsp3) is 0.278. The zero-order chi connectivity index (χ0) is 15.2. The van der Waals surface area contributed by atoms with Gasteiger partial charge in [-0.2, -0.15) is 0 Å². The van der Waals surface area contributed by atoms with Crippen LogP contribution >= 0.6 is 24.0 Å². The van der Waals surface area contributed by atoms with Crippen molar-refractivity contribution in [1.29, 1.82) is 0 Å². The Balaban J connectivity index is 0.00000242. The molecular weight excluding hydrogens is 385 g/mol. The number of anilines is 1. The molecule has 2 aromatic carbocycles. The van der Waals surface area contributed by atoms with Crippen molar-refractivity contribution in [1.82, 2.24) is 0 Å². The van der Waals surface area contributed by atoms with E-state index < -0.39 is 0 Å². The number of guanidine groups is 1. The van der Waals surface area contributed by atoms with Gasteiger partial charge in [0.1, 0.15) is 0 Å². The number of aryl methyl sites for hydroxylation is 3. The Hall–Kier alpha value is -1.56. The van der Waals surface area contributed by atoms with Crippen molar-refractivity contribution in [2.45, 2.75) is 27.2 Å². The fourth-order valence-electron chi connectivity index (χ4n) is 2.29. The highest BCUT2D eigenvalue weighted by Crippen LogP contribution is 2.13. The molecule has 3 nitrogen and oxygen atoms in total. The van der Waals surface area contributed by atoms with Crippen molar-refractivity contribution in [2.75, 3.05) is 11.9 Å². The van der Waals surface area contributed by atoms with Gasteiger partial charge in [0, 0.05) is 12.2 Å². The highest BCUT2D eigenvalue weighted by Gasteiger charge is 1.98. The van der Waals surface area contributed by atoms with E-state index >= 15 is 0 Å². The Labute approximate surface area is 150 Å².